The van der Waals surface area contributed by atoms with Gasteiger partial charge in [-0.3, -0.25) is 5.21 Å². The van der Waals surface area contributed by atoms with Crippen LogP contribution in [0.4, 0.5) is 0 Å². The standard InChI is InChI=1S/C17H17NO2/c1-17(2)15(13-9-5-3-6-10-13)16(18(19)20-17)14-11-7-4-8-12-14/h3-12,15H,1-2H3/t15-/m0/s1. The fourth-order valence-corrected chi connectivity index (χ4v) is 2.84. The lowest BCUT2D eigenvalue weighted by Crippen LogP contribution is -2.31. The van der Waals surface area contributed by atoms with Gasteiger partial charge in [0.05, 0.1) is 11.5 Å². The molecule has 1 atom stereocenters. The predicted octanol–water partition coefficient (Wildman–Crippen LogP) is 3.49. The molecule has 102 valence electrons. The minimum Gasteiger partial charge on any atom is -0.396 e. The van der Waals surface area contributed by atoms with E-state index in [1.165, 1.54) is 0 Å². The lowest BCUT2D eigenvalue weighted by atomic mass is 9.79. The van der Waals surface area contributed by atoms with Gasteiger partial charge in [0.15, 0.2) is 0 Å². The highest BCUT2D eigenvalue weighted by atomic mass is 16.9. The molecule has 0 N–H and O–H groups in total. The van der Waals surface area contributed by atoms with Gasteiger partial charge in [-0.2, -0.15) is 0 Å². The van der Waals surface area contributed by atoms with Crippen LogP contribution in [0.3, 0.4) is 0 Å². The highest BCUT2D eigenvalue weighted by molar-refractivity contribution is 6.03. The number of hydrogen-bond acceptors (Lipinski definition) is 2. The molecule has 2 aromatic carbocycles. The second kappa shape index (κ2) is 4.67. The van der Waals surface area contributed by atoms with E-state index in [-0.39, 0.29) is 5.92 Å². The van der Waals surface area contributed by atoms with Crippen molar-refractivity contribution in [3.05, 3.63) is 77.0 Å². The zero-order chi connectivity index (χ0) is 14.2. The van der Waals surface area contributed by atoms with Crippen LogP contribution in [0.15, 0.2) is 60.7 Å². The maximum absolute atomic E-state index is 12.2. The van der Waals surface area contributed by atoms with Gasteiger partial charge in [-0.25, -0.2) is 0 Å². The number of rotatable bonds is 2. The van der Waals surface area contributed by atoms with Gasteiger partial charge in [0.1, 0.15) is 0 Å². The Bertz CT molecular complexity index is 633. The van der Waals surface area contributed by atoms with Crippen molar-refractivity contribution in [1.82, 2.24) is 0 Å². The van der Waals surface area contributed by atoms with E-state index in [2.05, 4.69) is 0 Å². The van der Waals surface area contributed by atoms with Crippen LogP contribution in [0.5, 0.6) is 0 Å². The molecule has 0 radical (unpaired) electrons. The van der Waals surface area contributed by atoms with E-state index in [9.17, 15) is 5.21 Å². The van der Waals surface area contributed by atoms with Gasteiger partial charge < -0.3 is 4.84 Å². The van der Waals surface area contributed by atoms with E-state index in [4.69, 9.17) is 4.84 Å². The Morgan fingerprint density at radius 2 is 1.50 bits per heavy atom. The maximum atomic E-state index is 12.2. The number of benzene rings is 2. The molecule has 20 heavy (non-hydrogen) atoms. The first kappa shape index (κ1) is 12.7. The molecular weight excluding hydrogens is 250 g/mol. The molecule has 2 aromatic rings. The summed E-state index contributed by atoms with van der Waals surface area (Å²) in [6.45, 7) is 3.90. The Labute approximate surface area is 118 Å². The summed E-state index contributed by atoms with van der Waals surface area (Å²) in [7, 11) is 0. The van der Waals surface area contributed by atoms with E-state index in [1.54, 1.807) is 0 Å². The lowest BCUT2D eigenvalue weighted by molar-refractivity contribution is -0.750. The highest BCUT2D eigenvalue weighted by Crippen LogP contribution is 2.39. The topological polar surface area (TPSA) is 35.3 Å². The molecule has 0 unspecified atom stereocenters. The van der Waals surface area contributed by atoms with Gasteiger partial charge >= 0.3 is 0 Å². The average molecular weight is 267 g/mol. The molecule has 0 aliphatic carbocycles. The van der Waals surface area contributed by atoms with Crippen LogP contribution in [0.25, 0.3) is 0 Å². The number of nitrogens with zero attached hydrogens (tertiary/aromatic N) is 1. The third-order valence-electron chi connectivity index (χ3n) is 3.69. The molecule has 0 bridgehead atoms. The monoisotopic (exact) mass is 267 g/mol. The number of hydrogen-bond donors (Lipinski definition) is 0. The van der Waals surface area contributed by atoms with Gasteiger partial charge in [0, 0.05) is 10.5 Å². The van der Waals surface area contributed by atoms with Crippen LogP contribution in [0, 0.1) is 5.21 Å². The van der Waals surface area contributed by atoms with Crippen molar-refractivity contribution in [3.8, 4) is 0 Å². The van der Waals surface area contributed by atoms with E-state index in [0.717, 1.165) is 11.1 Å². The zero-order valence-electron chi connectivity index (χ0n) is 11.6. The molecular formula is C17H17NO2. The van der Waals surface area contributed by atoms with Crippen molar-refractivity contribution in [2.45, 2.75) is 25.4 Å². The molecule has 0 spiro atoms. The molecule has 0 aromatic heterocycles. The van der Waals surface area contributed by atoms with E-state index < -0.39 is 5.60 Å². The van der Waals surface area contributed by atoms with Crippen molar-refractivity contribution in [2.75, 3.05) is 0 Å². The first-order valence-corrected chi connectivity index (χ1v) is 6.73. The Morgan fingerprint density at radius 1 is 0.950 bits per heavy atom. The lowest BCUT2D eigenvalue weighted by Gasteiger charge is -2.26. The molecule has 0 saturated heterocycles. The molecule has 1 aliphatic rings. The Morgan fingerprint density at radius 3 is 2.10 bits per heavy atom. The average Bonchev–Trinajstić information content (AvgIpc) is 2.70. The third kappa shape index (κ3) is 2.05. The van der Waals surface area contributed by atoms with E-state index in [0.29, 0.717) is 10.6 Å². The first-order chi connectivity index (χ1) is 9.59. The van der Waals surface area contributed by atoms with Gasteiger partial charge in [0.25, 0.3) is 5.71 Å². The molecule has 0 amide bonds. The molecule has 3 nitrogen and oxygen atoms in total. The molecule has 0 saturated carbocycles. The summed E-state index contributed by atoms with van der Waals surface area (Å²) >= 11 is 0. The van der Waals surface area contributed by atoms with E-state index >= 15 is 0 Å². The quantitative estimate of drug-likeness (QED) is 0.781. The SMILES string of the molecule is CC1(C)O[N+]([O-])=C(c2ccccc2)[C@@H]1c1ccccc1. The molecule has 3 rings (SSSR count). The third-order valence-corrected chi connectivity index (χ3v) is 3.69. The smallest absolute Gasteiger partial charge is 0.261 e. The van der Waals surface area contributed by atoms with Crippen LogP contribution >= 0.6 is 0 Å². The summed E-state index contributed by atoms with van der Waals surface area (Å²) < 4.78 is 0. The molecule has 1 heterocycles. The van der Waals surface area contributed by atoms with Crippen LogP contribution in [-0.2, 0) is 4.84 Å². The summed E-state index contributed by atoms with van der Waals surface area (Å²) in [4.78, 5) is 6.20. The predicted molar refractivity (Wildman–Crippen MR) is 78.5 cm³/mol. The van der Waals surface area contributed by atoms with Crippen LogP contribution in [0.1, 0.15) is 30.9 Å². The van der Waals surface area contributed by atoms with Gasteiger partial charge in [-0.1, -0.05) is 48.5 Å². The largest absolute Gasteiger partial charge is 0.396 e. The zero-order valence-corrected chi connectivity index (χ0v) is 11.6. The summed E-state index contributed by atoms with van der Waals surface area (Å²) in [5.41, 5.74) is 2.10. The van der Waals surface area contributed by atoms with Crippen LogP contribution < -0.4 is 0 Å². The fraction of sp³-hybridized carbons (Fsp3) is 0.235. The second-order valence-electron chi connectivity index (χ2n) is 5.55. The first-order valence-electron chi connectivity index (χ1n) is 6.73. The Hall–Kier alpha value is -2.29. The summed E-state index contributed by atoms with van der Waals surface area (Å²) in [6.07, 6.45) is 0. The normalized spacial score (nSPS) is 20.8. The van der Waals surface area contributed by atoms with Crippen molar-refractivity contribution in [2.24, 2.45) is 0 Å². The van der Waals surface area contributed by atoms with Crippen molar-refractivity contribution in [3.63, 3.8) is 0 Å². The molecule has 1 aliphatic heterocycles. The van der Waals surface area contributed by atoms with Crippen LogP contribution in [-0.4, -0.2) is 16.2 Å². The van der Waals surface area contributed by atoms with Gasteiger partial charge in [-0.15, -0.1) is 0 Å². The van der Waals surface area contributed by atoms with Gasteiger partial charge in [-0.05, 0) is 31.5 Å². The second-order valence-corrected chi connectivity index (χ2v) is 5.55. The molecule has 3 heteroatoms. The van der Waals surface area contributed by atoms with Crippen LogP contribution in [0.2, 0.25) is 0 Å². The van der Waals surface area contributed by atoms with Crippen molar-refractivity contribution >= 4 is 5.71 Å². The Balaban J connectivity index is 2.14. The summed E-state index contributed by atoms with van der Waals surface area (Å²) in [5.74, 6) is -0.0800. The fourth-order valence-electron chi connectivity index (χ4n) is 2.84. The van der Waals surface area contributed by atoms with Crippen molar-refractivity contribution in [1.29, 1.82) is 0 Å². The Kier molecular flexibility index (Phi) is 2.97. The summed E-state index contributed by atoms with van der Waals surface area (Å²) in [6, 6.07) is 19.7. The minimum absolute atomic E-state index is 0.0800. The highest BCUT2D eigenvalue weighted by Gasteiger charge is 2.47. The molecule has 0 fully saturated rings. The van der Waals surface area contributed by atoms with E-state index in [1.807, 2.05) is 74.5 Å². The summed E-state index contributed by atoms with van der Waals surface area (Å²) in [5, 5.41) is 12.2. The van der Waals surface area contributed by atoms with Crippen molar-refractivity contribution < 1.29 is 9.74 Å². The maximum Gasteiger partial charge on any atom is 0.261 e. The minimum atomic E-state index is -0.561. The van der Waals surface area contributed by atoms with Gasteiger partial charge in [0.2, 0.25) is 0 Å².